The van der Waals surface area contributed by atoms with Crippen molar-refractivity contribution in [3.8, 4) is 6.07 Å². The number of benzene rings is 2. The van der Waals surface area contributed by atoms with E-state index in [4.69, 9.17) is 5.73 Å². The number of nitriles is 1. The maximum atomic E-state index is 9.55. The minimum absolute atomic E-state index is 0.275. The minimum Gasteiger partial charge on any atom is -0.328 e. The molecule has 0 aliphatic rings. The maximum absolute atomic E-state index is 9.55. The molecule has 0 atom stereocenters. The molecule has 0 saturated carbocycles. The van der Waals surface area contributed by atoms with Gasteiger partial charge in [-0.1, -0.05) is 60.7 Å². The van der Waals surface area contributed by atoms with Crippen molar-refractivity contribution in [2.75, 3.05) is 6.54 Å². The molecular formula is C15H14N2. The van der Waals surface area contributed by atoms with E-state index in [0.717, 1.165) is 11.1 Å². The molecule has 0 fully saturated rings. The van der Waals surface area contributed by atoms with E-state index >= 15 is 0 Å². The minimum atomic E-state index is -0.748. The predicted octanol–water partition coefficient (Wildman–Crippen LogP) is 2.45. The van der Waals surface area contributed by atoms with E-state index in [1.807, 2.05) is 60.7 Å². The highest BCUT2D eigenvalue weighted by atomic mass is 14.6. The van der Waals surface area contributed by atoms with E-state index in [1.165, 1.54) is 0 Å². The summed E-state index contributed by atoms with van der Waals surface area (Å²) in [5.41, 5.74) is 6.99. The first-order valence-electron chi connectivity index (χ1n) is 5.56. The monoisotopic (exact) mass is 222 g/mol. The summed E-state index contributed by atoms with van der Waals surface area (Å²) in [7, 11) is 0. The van der Waals surface area contributed by atoms with Gasteiger partial charge in [-0.3, -0.25) is 0 Å². The van der Waals surface area contributed by atoms with Crippen LogP contribution in [0.15, 0.2) is 60.7 Å². The van der Waals surface area contributed by atoms with Crippen LogP contribution in [-0.4, -0.2) is 6.54 Å². The van der Waals surface area contributed by atoms with E-state index in [9.17, 15) is 5.26 Å². The predicted molar refractivity (Wildman–Crippen MR) is 68.3 cm³/mol. The average Bonchev–Trinajstić information content (AvgIpc) is 2.43. The molecule has 2 heteroatoms. The third kappa shape index (κ3) is 1.93. The highest BCUT2D eigenvalue weighted by Crippen LogP contribution is 2.30. The zero-order valence-corrected chi connectivity index (χ0v) is 9.51. The fourth-order valence-corrected chi connectivity index (χ4v) is 2.02. The summed E-state index contributed by atoms with van der Waals surface area (Å²) in [6.45, 7) is 0.275. The van der Waals surface area contributed by atoms with Crippen LogP contribution in [0.1, 0.15) is 11.1 Å². The topological polar surface area (TPSA) is 49.8 Å². The van der Waals surface area contributed by atoms with Crippen LogP contribution in [0.4, 0.5) is 0 Å². The van der Waals surface area contributed by atoms with Gasteiger partial charge in [-0.05, 0) is 11.1 Å². The Labute approximate surface area is 101 Å². The van der Waals surface area contributed by atoms with Crippen LogP contribution in [0, 0.1) is 11.3 Å². The first kappa shape index (κ1) is 11.4. The van der Waals surface area contributed by atoms with Crippen molar-refractivity contribution in [2.24, 2.45) is 5.73 Å². The van der Waals surface area contributed by atoms with Crippen molar-refractivity contribution in [1.29, 1.82) is 5.26 Å². The van der Waals surface area contributed by atoms with Crippen LogP contribution >= 0.6 is 0 Å². The van der Waals surface area contributed by atoms with E-state index < -0.39 is 5.41 Å². The first-order valence-corrected chi connectivity index (χ1v) is 5.56. The Morgan fingerprint density at radius 1 is 0.882 bits per heavy atom. The van der Waals surface area contributed by atoms with Crippen molar-refractivity contribution in [1.82, 2.24) is 0 Å². The van der Waals surface area contributed by atoms with Gasteiger partial charge in [-0.2, -0.15) is 5.26 Å². The molecule has 0 saturated heterocycles. The van der Waals surface area contributed by atoms with Gasteiger partial charge in [0, 0.05) is 6.54 Å². The normalized spacial score (nSPS) is 10.8. The lowest BCUT2D eigenvalue weighted by Gasteiger charge is -2.26. The fraction of sp³-hybridized carbons (Fsp3) is 0.133. The molecule has 84 valence electrons. The highest BCUT2D eigenvalue weighted by Gasteiger charge is 2.32. The molecule has 0 aliphatic heterocycles. The average molecular weight is 222 g/mol. The number of rotatable bonds is 3. The molecule has 0 radical (unpaired) electrons. The molecule has 2 aromatic carbocycles. The second kappa shape index (κ2) is 4.82. The van der Waals surface area contributed by atoms with Crippen molar-refractivity contribution < 1.29 is 0 Å². The number of hydrogen-bond acceptors (Lipinski definition) is 2. The standard InChI is InChI=1S/C15H14N2/c16-11-15(12-17,13-7-3-1-4-8-13)14-9-5-2-6-10-14/h1-10H,11,16H2. The Bertz CT molecular complexity index is 472. The molecule has 0 amide bonds. The lowest BCUT2D eigenvalue weighted by Crippen LogP contribution is -2.34. The molecule has 0 unspecified atom stereocenters. The van der Waals surface area contributed by atoms with Crippen LogP contribution in [0.2, 0.25) is 0 Å². The zero-order valence-electron chi connectivity index (χ0n) is 9.51. The van der Waals surface area contributed by atoms with Gasteiger partial charge in [0.05, 0.1) is 6.07 Å². The molecule has 2 aromatic rings. The van der Waals surface area contributed by atoms with E-state index in [-0.39, 0.29) is 6.54 Å². The first-order chi connectivity index (χ1) is 8.33. The molecule has 2 nitrogen and oxygen atoms in total. The zero-order chi connectivity index (χ0) is 12.1. The van der Waals surface area contributed by atoms with Crippen LogP contribution in [-0.2, 0) is 5.41 Å². The van der Waals surface area contributed by atoms with Gasteiger partial charge >= 0.3 is 0 Å². The molecule has 0 aromatic heterocycles. The highest BCUT2D eigenvalue weighted by molar-refractivity contribution is 5.46. The van der Waals surface area contributed by atoms with Crippen molar-refractivity contribution in [2.45, 2.75) is 5.41 Å². The van der Waals surface area contributed by atoms with E-state index in [0.29, 0.717) is 0 Å². The molecule has 2 N–H and O–H groups in total. The molecule has 17 heavy (non-hydrogen) atoms. The summed E-state index contributed by atoms with van der Waals surface area (Å²) in [5, 5.41) is 9.55. The second-order valence-electron chi connectivity index (χ2n) is 3.95. The summed E-state index contributed by atoms with van der Waals surface area (Å²) in [6.07, 6.45) is 0. The van der Waals surface area contributed by atoms with Crippen LogP contribution in [0.25, 0.3) is 0 Å². The lowest BCUT2D eigenvalue weighted by atomic mass is 9.76. The van der Waals surface area contributed by atoms with E-state index in [1.54, 1.807) is 0 Å². The number of nitrogens with zero attached hydrogens (tertiary/aromatic N) is 1. The van der Waals surface area contributed by atoms with Gasteiger partial charge in [0.1, 0.15) is 5.41 Å². The molecule has 0 aliphatic carbocycles. The Kier molecular flexibility index (Phi) is 3.22. The van der Waals surface area contributed by atoms with Gasteiger partial charge in [0.2, 0.25) is 0 Å². The van der Waals surface area contributed by atoms with Crippen LogP contribution in [0.3, 0.4) is 0 Å². The van der Waals surface area contributed by atoms with Gasteiger partial charge in [0.25, 0.3) is 0 Å². The van der Waals surface area contributed by atoms with Gasteiger partial charge in [-0.25, -0.2) is 0 Å². The summed E-state index contributed by atoms with van der Waals surface area (Å²) in [4.78, 5) is 0. The van der Waals surface area contributed by atoms with Gasteiger partial charge < -0.3 is 5.73 Å². The Balaban J connectivity index is 2.60. The van der Waals surface area contributed by atoms with E-state index in [2.05, 4.69) is 6.07 Å². The second-order valence-corrected chi connectivity index (χ2v) is 3.95. The maximum Gasteiger partial charge on any atom is 0.119 e. The number of hydrogen-bond donors (Lipinski definition) is 1. The van der Waals surface area contributed by atoms with Crippen LogP contribution in [0.5, 0.6) is 0 Å². The molecule has 2 rings (SSSR count). The lowest BCUT2D eigenvalue weighted by molar-refractivity contribution is 0.669. The summed E-state index contributed by atoms with van der Waals surface area (Å²) < 4.78 is 0. The van der Waals surface area contributed by atoms with Crippen molar-refractivity contribution in [3.05, 3.63) is 71.8 Å². The van der Waals surface area contributed by atoms with Gasteiger partial charge in [-0.15, -0.1) is 0 Å². The van der Waals surface area contributed by atoms with Gasteiger partial charge in [0.15, 0.2) is 0 Å². The summed E-state index contributed by atoms with van der Waals surface area (Å²) in [5.74, 6) is 0. The Morgan fingerprint density at radius 3 is 1.59 bits per heavy atom. The molecule has 0 bridgehead atoms. The molecule has 0 heterocycles. The van der Waals surface area contributed by atoms with Crippen LogP contribution < -0.4 is 5.73 Å². The third-order valence-corrected chi connectivity index (χ3v) is 3.03. The van der Waals surface area contributed by atoms with Crippen molar-refractivity contribution >= 4 is 0 Å². The third-order valence-electron chi connectivity index (χ3n) is 3.03. The summed E-state index contributed by atoms with van der Waals surface area (Å²) >= 11 is 0. The quantitative estimate of drug-likeness (QED) is 0.867. The molecular weight excluding hydrogens is 208 g/mol. The fourth-order valence-electron chi connectivity index (χ4n) is 2.02. The Hall–Kier alpha value is -2.11. The SMILES string of the molecule is N#CC(CN)(c1ccccc1)c1ccccc1. The summed E-state index contributed by atoms with van der Waals surface area (Å²) in [6, 6.07) is 21.8. The van der Waals surface area contributed by atoms with Crippen molar-refractivity contribution in [3.63, 3.8) is 0 Å². The largest absolute Gasteiger partial charge is 0.328 e. The Morgan fingerprint density at radius 2 is 1.29 bits per heavy atom. The smallest absolute Gasteiger partial charge is 0.119 e. The number of nitrogens with two attached hydrogens (primary N) is 1. The molecule has 0 spiro atoms.